The topological polar surface area (TPSA) is 83.5 Å². The van der Waals surface area contributed by atoms with E-state index >= 15 is 0 Å². The summed E-state index contributed by atoms with van der Waals surface area (Å²) in [4.78, 5) is 5.35. The minimum absolute atomic E-state index is 0.0229. The molecule has 0 bridgehead atoms. The Bertz CT molecular complexity index is 585. The normalized spacial score (nSPS) is 11.7. The fourth-order valence-electron chi connectivity index (χ4n) is 1.62. The molecule has 2 aromatic rings. The lowest BCUT2D eigenvalue weighted by atomic mass is 10.2. The van der Waals surface area contributed by atoms with Gasteiger partial charge in [0.2, 0.25) is 0 Å². The first-order valence-corrected chi connectivity index (χ1v) is 7.24. The van der Waals surface area contributed by atoms with Crippen molar-refractivity contribution in [2.45, 2.75) is 13.1 Å². The van der Waals surface area contributed by atoms with Crippen LogP contribution in [0.3, 0.4) is 0 Å². The van der Waals surface area contributed by atoms with Crippen LogP contribution in [0.1, 0.15) is 16.1 Å². The van der Waals surface area contributed by atoms with Gasteiger partial charge in [0.1, 0.15) is 5.69 Å². The van der Waals surface area contributed by atoms with E-state index in [2.05, 4.69) is 31.4 Å². The number of amidine groups is 1. The third-order valence-electron chi connectivity index (χ3n) is 2.53. The third kappa shape index (κ3) is 3.52. The highest BCUT2D eigenvalue weighted by Crippen LogP contribution is 2.22. The zero-order valence-corrected chi connectivity index (χ0v) is 12.4. The average Bonchev–Trinajstić information content (AvgIpc) is 2.84. The van der Waals surface area contributed by atoms with Crippen LogP contribution >= 0.6 is 27.3 Å². The quantitative estimate of drug-likeness (QED) is 0.337. The second kappa shape index (κ2) is 6.65. The first kappa shape index (κ1) is 14.0. The summed E-state index contributed by atoms with van der Waals surface area (Å²) in [7, 11) is 0. The van der Waals surface area contributed by atoms with Crippen LogP contribution in [-0.4, -0.2) is 16.0 Å². The SMILES string of the molecule is NC(=NO)c1ncccc1CNCc1sccc1Br. The van der Waals surface area contributed by atoms with Crippen molar-refractivity contribution in [3.63, 3.8) is 0 Å². The van der Waals surface area contributed by atoms with Crippen LogP contribution in [0, 0.1) is 0 Å². The highest BCUT2D eigenvalue weighted by Gasteiger charge is 2.08. The van der Waals surface area contributed by atoms with Gasteiger partial charge in [-0.3, -0.25) is 4.98 Å². The van der Waals surface area contributed by atoms with E-state index in [-0.39, 0.29) is 5.84 Å². The van der Waals surface area contributed by atoms with Crippen molar-refractivity contribution >= 4 is 33.1 Å². The zero-order valence-electron chi connectivity index (χ0n) is 10.0. The molecular formula is C12H13BrN4OS. The first-order chi connectivity index (χ1) is 9.22. The molecule has 0 fully saturated rings. The predicted octanol–water partition coefficient (Wildman–Crippen LogP) is 2.29. The molecule has 0 radical (unpaired) electrons. The molecule has 0 atom stereocenters. The van der Waals surface area contributed by atoms with Crippen LogP contribution in [0.25, 0.3) is 0 Å². The Labute approximate surface area is 123 Å². The largest absolute Gasteiger partial charge is 0.409 e. The van der Waals surface area contributed by atoms with Crippen LogP contribution in [0.2, 0.25) is 0 Å². The van der Waals surface area contributed by atoms with Gasteiger partial charge < -0.3 is 16.3 Å². The summed E-state index contributed by atoms with van der Waals surface area (Å²) in [5.41, 5.74) is 6.99. The molecule has 5 nitrogen and oxygen atoms in total. The molecule has 0 saturated carbocycles. The summed E-state index contributed by atoms with van der Waals surface area (Å²) < 4.78 is 1.10. The molecular weight excluding hydrogens is 328 g/mol. The summed E-state index contributed by atoms with van der Waals surface area (Å²) in [5.74, 6) is 0.0229. The van der Waals surface area contributed by atoms with Crippen LogP contribution < -0.4 is 11.1 Å². The highest BCUT2D eigenvalue weighted by molar-refractivity contribution is 9.10. The molecule has 7 heteroatoms. The van der Waals surface area contributed by atoms with Gasteiger partial charge in [0.05, 0.1) is 0 Å². The average molecular weight is 341 g/mol. The maximum absolute atomic E-state index is 8.72. The summed E-state index contributed by atoms with van der Waals surface area (Å²) >= 11 is 5.17. The van der Waals surface area contributed by atoms with E-state index < -0.39 is 0 Å². The summed E-state index contributed by atoms with van der Waals surface area (Å²) in [6.07, 6.45) is 1.62. The van der Waals surface area contributed by atoms with Gasteiger partial charge in [-0.15, -0.1) is 11.3 Å². The van der Waals surface area contributed by atoms with Crippen LogP contribution in [0.15, 0.2) is 39.4 Å². The zero-order chi connectivity index (χ0) is 13.7. The number of aromatic nitrogens is 1. The second-order valence-corrected chi connectivity index (χ2v) is 5.65. The summed E-state index contributed by atoms with van der Waals surface area (Å²) in [5, 5.41) is 17.1. The van der Waals surface area contributed by atoms with E-state index in [1.807, 2.05) is 23.6 Å². The van der Waals surface area contributed by atoms with E-state index in [4.69, 9.17) is 10.9 Å². The lowest BCUT2D eigenvalue weighted by molar-refractivity contribution is 0.318. The molecule has 0 aliphatic heterocycles. The Kier molecular flexibility index (Phi) is 4.89. The number of halogens is 1. The Balaban J connectivity index is 2.02. The molecule has 0 spiro atoms. The van der Waals surface area contributed by atoms with E-state index in [1.165, 1.54) is 4.88 Å². The van der Waals surface area contributed by atoms with E-state index in [9.17, 15) is 0 Å². The van der Waals surface area contributed by atoms with Gasteiger partial charge in [0.25, 0.3) is 0 Å². The second-order valence-electron chi connectivity index (χ2n) is 3.79. The van der Waals surface area contributed by atoms with Crippen molar-refractivity contribution in [3.05, 3.63) is 50.4 Å². The van der Waals surface area contributed by atoms with Gasteiger partial charge in [0, 0.05) is 28.6 Å². The maximum Gasteiger partial charge on any atom is 0.189 e. The first-order valence-electron chi connectivity index (χ1n) is 5.56. The standard InChI is InChI=1S/C12H13BrN4OS/c13-9-3-5-19-10(9)7-15-6-8-2-1-4-16-11(8)12(14)17-18/h1-5,15,18H,6-7H2,(H2,14,17). The predicted molar refractivity (Wildman–Crippen MR) is 79.3 cm³/mol. The van der Waals surface area contributed by atoms with Crippen LogP contribution in [-0.2, 0) is 13.1 Å². The van der Waals surface area contributed by atoms with E-state index in [1.54, 1.807) is 17.5 Å². The Morgan fingerprint density at radius 2 is 2.32 bits per heavy atom. The maximum atomic E-state index is 8.72. The smallest absolute Gasteiger partial charge is 0.189 e. The van der Waals surface area contributed by atoms with Gasteiger partial charge in [-0.1, -0.05) is 11.2 Å². The molecule has 2 heterocycles. The Morgan fingerprint density at radius 1 is 1.47 bits per heavy atom. The fraction of sp³-hybridized carbons (Fsp3) is 0.167. The molecule has 2 rings (SSSR count). The number of hydrogen-bond acceptors (Lipinski definition) is 5. The van der Waals surface area contributed by atoms with Crippen molar-refractivity contribution in [2.75, 3.05) is 0 Å². The summed E-state index contributed by atoms with van der Waals surface area (Å²) in [6, 6.07) is 5.75. The summed E-state index contributed by atoms with van der Waals surface area (Å²) in [6.45, 7) is 1.35. The van der Waals surface area contributed by atoms with Crippen molar-refractivity contribution < 1.29 is 5.21 Å². The van der Waals surface area contributed by atoms with Crippen molar-refractivity contribution in [2.24, 2.45) is 10.9 Å². The van der Waals surface area contributed by atoms with Gasteiger partial charge >= 0.3 is 0 Å². The molecule has 19 heavy (non-hydrogen) atoms. The molecule has 100 valence electrons. The minimum Gasteiger partial charge on any atom is -0.409 e. The molecule has 0 amide bonds. The molecule has 0 unspecified atom stereocenters. The Hall–Kier alpha value is -1.44. The van der Waals surface area contributed by atoms with Gasteiger partial charge in [-0.25, -0.2) is 0 Å². The van der Waals surface area contributed by atoms with Crippen molar-refractivity contribution in [3.8, 4) is 0 Å². The number of rotatable bonds is 5. The monoisotopic (exact) mass is 340 g/mol. The number of pyridine rings is 1. The van der Waals surface area contributed by atoms with Gasteiger partial charge in [-0.2, -0.15) is 0 Å². The van der Waals surface area contributed by atoms with Gasteiger partial charge in [0.15, 0.2) is 5.84 Å². The third-order valence-corrected chi connectivity index (χ3v) is 4.46. The Morgan fingerprint density at radius 3 is 3.00 bits per heavy atom. The van der Waals surface area contributed by atoms with Crippen molar-refractivity contribution in [1.29, 1.82) is 0 Å². The molecule has 0 aliphatic rings. The number of oxime groups is 1. The number of hydrogen-bond donors (Lipinski definition) is 3. The van der Waals surface area contributed by atoms with Crippen LogP contribution in [0.5, 0.6) is 0 Å². The van der Waals surface area contributed by atoms with E-state index in [0.29, 0.717) is 12.2 Å². The number of nitrogens with zero attached hydrogens (tertiary/aromatic N) is 2. The minimum atomic E-state index is 0.0229. The number of nitrogens with two attached hydrogens (primary N) is 1. The molecule has 0 aromatic carbocycles. The fourth-order valence-corrected chi connectivity index (χ4v) is 3.08. The molecule has 2 aromatic heterocycles. The molecule has 0 saturated heterocycles. The number of nitrogens with one attached hydrogen (secondary N) is 1. The van der Waals surface area contributed by atoms with Crippen molar-refractivity contribution in [1.82, 2.24) is 10.3 Å². The van der Waals surface area contributed by atoms with E-state index in [0.717, 1.165) is 16.6 Å². The number of thiophene rings is 1. The van der Waals surface area contributed by atoms with Gasteiger partial charge in [-0.05, 0) is 39.0 Å². The lowest BCUT2D eigenvalue weighted by Gasteiger charge is -2.08. The highest BCUT2D eigenvalue weighted by atomic mass is 79.9. The molecule has 4 N–H and O–H groups in total. The van der Waals surface area contributed by atoms with Crippen LogP contribution in [0.4, 0.5) is 0 Å². The lowest BCUT2D eigenvalue weighted by Crippen LogP contribution is -2.21. The molecule has 0 aliphatic carbocycles.